The third-order valence-electron chi connectivity index (χ3n) is 2.68. The van der Waals surface area contributed by atoms with Crippen LogP contribution in [0.25, 0.3) is 0 Å². The number of rotatable bonds is 9. The summed E-state index contributed by atoms with van der Waals surface area (Å²) < 4.78 is 5.03. The number of hydrogen-bond donors (Lipinski definition) is 3. The number of carbonyl (C=O) groups excluding carboxylic acids is 2. The monoisotopic (exact) mass is 275 g/mol. The molecule has 3 N–H and O–H groups in total. The Morgan fingerprint density at radius 3 is 2.53 bits per heavy atom. The molecule has 0 aliphatic heterocycles. The van der Waals surface area contributed by atoms with E-state index in [1.54, 1.807) is 13.8 Å². The Morgan fingerprint density at radius 2 is 2.00 bits per heavy atom. The molecule has 0 rings (SSSR count). The number of ether oxygens (including phenoxy) is 1. The van der Waals surface area contributed by atoms with E-state index in [4.69, 9.17) is 9.84 Å². The molecule has 0 aromatic rings. The van der Waals surface area contributed by atoms with Gasteiger partial charge in [-0.1, -0.05) is 20.8 Å². The third-order valence-corrected chi connectivity index (χ3v) is 2.68. The summed E-state index contributed by atoms with van der Waals surface area (Å²) in [6.45, 7) is 5.45. The molecule has 112 valence electrons. The minimum Gasteiger partial charge on any atom is -0.465 e. The highest BCUT2D eigenvalue weighted by Gasteiger charge is 2.34. The van der Waals surface area contributed by atoms with Gasteiger partial charge in [0.25, 0.3) is 0 Å². The van der Waals surface area contributed by atoms with E-state index < -0.39 is 17.4 Å². The Bertz CT molecular complexity index is 291. The van der Waals surface area contributed by atoms with Crippen LogP contribution >= 0.6 is 0 Å². The Labute approximate surface area is 114 Å². The molecule has 0 spiro atoms. The van der Waals surface area contributed by atoms with Crippen LogP contribution in [0.5, 0.6) is 0 Å². The van der Waals surface area contributed by atoms with Crippen LogP contribution in [-0.2, 0) is 14.3 Å². The van der Waals surface area contributed by atoms with Gasteiger partial charge in [-0.3, -0.25) is 9.59 Å². The highest BCUT2D eigenvalue weighted by atomic mass is 16.5. The van der Waals surface area contributed by atoms with Gasteiger partial charge in [0, 0.05) is 25.0 Å². The van der Waals surface area contributed by atoms with Crippen molar-refractivity contribution in [3.05, 3.63) is 0 Å². The highest BCUT2D eigenvalue weighted by molar-refractivity contribution is 5.81. The Balaban J connectivity index is 4.21. The van der Waals surface area contributed by atoms with Gasteiger partial charge in [0.05, 0.1) is 6.61 Å². The van der Waals surface area contributed by atoms with Gasteiger partial charge in [0.15, 0.2) is 0 Å². The van der Waals surface area contributed by atoms with Crippen molar-refractivity contribution < 1.29 is 24.5 Å². The lowest BCUT2D eigenvalue weighted by atomic mass is 9.87. The molecular weight excluding hydrogens is 250 g/mol. The summed E-state index contributed by atoms with van der Waals surface area (Å²) in [5.74, 6) is -0.853. The second-order valence-corrected chi connectivity index (χ2v) is 5.17. The molecule has 0 aromatic heterocycles. The van der Waals surface area contributed by atoms with Crippen LogP contribution in [-0.4, -0.2) is 48.0 Å². The molecule has 0 aliphatic rings. The normalized spacial score (nSPS) is 12.9. The predicted octanol–water partition coefficient (Wildman–Crippen LogP) is 0.215. The van der Waals surface area contributed by atoms with E-state index in [1.165, 1.54) is 0 Å². The highest BCUT2D eigenvalue weighted by Crippen LogP contribution is 2.21. The van der Waals surface area contributed by atoms with Crippen LogP contribution in [0.1, 0.15) is 40.0 Å². The van der Waals surface area contributed by atoms with Crippen molar-refractivity contribution in [2.24, 2.45) is 5.41 Å². The maximum Gasteiger partial charge on any atom is 0.305 e. The minimum atomic E-state index is -1.26. The van der Waals surface area contributed by atoms with Crippen molar-refractivity contribution in [2.45, 2.75) is 46.1 Å². The van der Waals surface area contributed by atoms with Crippen molar-refractivity contribution in [2.75, 3.05) is 19.8 Å². The SMILES string of the molecule is CCCC(=O)OCC(C)(C)C(O)C(=O)NCCCO. The van der Waals surface area contributed by atoms with Gasteiger partial charge in [-0.2, -0.15) is 0 Å². The maximum absolute atomic E-state index is 11.7. The first-order valence-corrected chi connectivity index (χ1v) is 6.57. The maximum atomic E-state index is 11.7. The summed E-state index contributed by atoms with van der Waals surface area (Å²) in [4.78, 5) is 22.9. The number of aliphatic hydroxyl groups is 2. The molecule has 6 nitrogen and oxygen atoms in total. The average Bonchev–Trinajstić information content (AvgIpc) is 2.36. The van der Waals surface area contributed by atoms with Crippen LogP contribution in [0.4, 0.5) is 0 Å². The second-order valence-electron chi connectivity index (χ2n) is 5.17. The number of carbonyl (C=O) groups is 2. The summed E-state index contributed by atoms with van der Waals surface area (Å²) in [6, 6.07) is 0. The fourth-order valence-corrected chi connectivity index (χ4v) is 1.36. The average molecular weight is 275 g/mol. The van der Waals surface area contributed by atoms with Crippen LogP contribution in [0.3, 0.4) is 0 Å². The van der Waals surface area contributed by atoms with E-state index in [-0.39, 0.29) is 19.2 Å². The van der Waals surface area contributed by atoms with E-state index in [9.17, 15) is 14.7 Å². The first-order valence-electron chi connectivity index (χ1n) is 6.57. The van der Waals surface area contributed by atoms with Crippen molar-refractivity contribution in [3.63, 3.8) is 0 Å². The molecule has 0 saturated heterocycles. The van der Waals surface area contributed by atoms with Gasteiger partial charge in [-0.25, -0.2) is 0 Å². The second kappa shape index (κ2) is 8.87. The summed E-state index contributed by atoms with van der Waals surface area (Å²) >= 11 is 0. The fourth-order valence-electron chi connectivity index (χ4n) is 1.36. The zero-order valence-electron chi connectivity index (χ0n) is 11.9. The molecular formula is C13H25NO5. The van der Waals surface area contributed by atoms with Crippen molar-refractivity contribution in [3.8, 4) is 0 Å². The molecule has 0 aliphatic carbocycles. The van der Waals surface area contributed by atoms with E-state index in [0.29, 0.717) is 25.8 Å². The lowest BCUT2D eigenvalue weighted by Gasteiger charge is -2.28. The quantitative estimate of drug-likeness (QED) is 0.413. The zero-order chi connectivity index (χ0) is 14.9. The third kappa shape index (κ3) is 7.12. The van der Waals surface area contributed by atoms with Gasteiger partial charge in [0.2, 0.25) is 5.91 Å². The Kier molecular flexibility index (Phi) is 8.34. The van der Waals surface area contributed by atoms with Crippen LogP contribution in [0, 0.1) is 5.41 Å². The molecule has 0 saturated carbocycles. The molecule has 0 heterocycles. The van der Waals surface area contributed by atoms with Gasteiger partial charge >= 0.3 is 5.97 Å². The van der Waals surface area contributed by atoms with E-state index >= 15 is 0 Å². The summed E-state index contributed by atoms with van der Waals surface area (Å²) in [5, 5.41) is 21.0. The molecule has 0 radical (unpaired) electrons. The lowest BCUT2D eigenvalue weighted by Crippen LogP contribution is -2.46. The Hall–Kier alpha value is -1.14. The minimum absolute atomic E-state index is 0.0135. The molecule has 6 heteroatoms. The van der Waals surface area contributed by atoms with E-state index in [2.05, 4.69) is 5.32 Å². The number of nitrogens with one attached hydrogen (secondary N) is 1. The summed E-state index contributed by atoms with van der Waals surface area (Å²) in [6.07, 6.45) is 0.198. The van der Waals surface area contributed by atoms with Gasteiger partial charge in [-0.15, -0.1) is 0 Å². The fraction of sp³-hybridized carbons (Fsp3) is 0.846. The van der Waals surface area contributed by atoms with Gasteiger partial charge < -0.3 is 20.3 Å². The molecule has 1 unspecified atom stereocenters. The number of hydrogen-bond acceptors (Lipinski definition) is 5. The van der Waals surface area contributed by atoms with Crippen LogP contribution in [0.15, 0.2) is 0 Å². The molecule has 1 amide bonds. The number of amides is 1. The number of esters is 1. The van der Waals surface area contributed by atoms with Crippen molar-refractivity contribution >= 4 is 11.9 Å². The first-order chi connectivity index (χ1) is 8.85. The molecule has 19 heavy (non-hydrogen) atoms. The van der Waals surface area contributed by atoms with Gasteiger partial charge in [-0.05, 0) is 12.8 Å². The largest absolute Gasteiger partial charge is 0.465 e. The lowest BCUT2D eigenvalue weighted by molar-refractivity contribution is -0.153. The predicted molar refractivity (Wildman–Crippen MR) is 70.4 cm³/mol. The summed E-state index contributed by atoms with van der Waals surface area (Å²) in [5.41, 5.74) is -0.854. The standard InChI is InChI=1S/C13H25NO5/c1-4-6-10(16)19-9-13(2,3)11(17)12(18)14-7-5-8-15/h11,15,17H,4-9H2,1-3H3,(H,14,18). The number of aliphatic hydroxyl groups excluding tert-OH is 2. The Morgan fingerprint density at radius 1 is 1.37 bits per heavy atom. The molecule has 0 bridgehead atoms. The van der Waals surface area contributed by atoms with Crippen molar-refractivity contribution in [1.82, 2.24) is 5.32 Å². The van der Waals surface area contributed by atoms with Crippen LogP contribution in [0.2, 0.25) is 0 Å². The topological polar surface area (TPSA) is 95.9 Å². The van der Waals surface area contributed by atoms with Crippen LogP contribution < -0.4 is 5.32 Å². The summed E-state index contributed by atoms with van der Waals surface area (Å²) in [7, 11) is 0. The molecule has 0 fully saturated rings. The van der Waals surface area contributed by atoms with Gasteiger partial charge in [0.1, 0.15) is 6.10 Å². The van der Waals surface area contributed by atoms with Crippen molar-refractivity contribution in [1.29, 1.82) is 0 Å². The zero-order valence-corrected chi connectivity index (χ0v) is 11.9. The van der Waals surface area contributed by atoms with E-state index in [1.807, 2.05) is 6.92 Å². The molecule has 1 atom stereocenters. The van der Waals surface area contributed by atoms with E-state index in [0.717, 1.165) is 0 Å². The molecule has 0 aromatic carbocycles. The smallest absolute Gasteiger partial charge is 0.305 e. The first kappa shape index (κ1) is 17.9.